The molecule has 2 aromatic heterocycles. The van der Waals surface area contributed by atoms with Crippen LogP contribution in [0.4, 0.5) is 13.2 Å². The first-order valence-electron chi connectivity index (χ1n) is 4.90. The van der Waals surface area contributed by atoms with Gasteiger partial charge in [0.1, 0.15) is 5.75 Å². The number of pyridine rings is 1. The molecule has 1 N–H and O–H groups in total. The number of carbonyl (C=O) groups is 1. The standard InChI is InChI=1S/C11H6F3NO3S.Na.H/c12-11(13,14)18-6-4-8(19-5-6)9-7(10(16)17)2-1-3-15-9;;/h1-5H,(H,16,17);;/q;+1;-1. The van der Waals surface area contributed by atoms with Crippen molar-refractivity contribution in [2.45, 2.75) is 6.36 Å². The topological polar surface area (TPSA) is 59.4 Å². The van der Waals surface area contributed by atoms with E-state index in [1.807, 2.05) is 0 Å². The third-order valence-electron chi connectivity index (χ3n) is 2.08. The van der Waals surface area contributed by atoms with Crippen LogP contribution in [0.2, 0.25) is 0 Å². The Kier molecular flexibility index (Phi) is 5.58. The van der Waals surface area contributed by atoms with Crippen LogP contribution < -0.4 is 34.3 Å². The first-order valence-corrected chi connectivity index (χ1v) is 5.78. The smallest absolute Gasteiger partial charge is 1.00 e. The van der Waals surface area contributed by atoms with E-state index in [9.17, 15) is 18.0 Å². The van der Waals surface area contributed by atoms with Crippen molar-refractivity contribution in [3.8, 4) is 16.3 Å². The Labute approximate surface area is 139 Å². The molecule has 0 aromatic carbocycles. The zero-order valence-corrected chi connectivity index (χ0v) is 13.0. The van der Waals surface area contributed by atoms with Crippen molar-refractivity contribution in [3.63, 3.8) is 0 Å². The summed E-state index contributed by atoms with van der Waals surface area (Å²) in [6.07, 6.45) is -3.41. The summed E-state index contributed by atoms with van der Waals surface area (Å²) in [6.45, 7) is 0. The summed E-state index contributed by atoms with van der Waals surface area (Å²) in [5, 5.41) is 10.1. The normalized spacial score (nSPS) is 10.8. The molecule has 0 fully saturated rings. The van der Waals surface area contributed by atoms with Gasteiger partial charge in [-0.3, -0.25) is 4.98 Å². The molecule has 0 aliphatic rings. The first-order chi connectivity index (χ1) is 8.87. The fraction of sp³-hybridized carbons (Fsp3) is 0.0909. The van der Waals surface area contributed by atoms with Gasteiger partial charge < -0.3 is 11.3 Å². The monoisotopic (exact) mass is 313 g/mol. The molecule has 0 aliphatic carbocycles. The van der Waals surface area contributed by atoms with E-state index in [4.69, 9.17) is 5.11 Å². The molecule has 0 atom stereocenters. The molecule has 9 heteroatoms. The molecule has 4 nitrogen and oxygen atoms in total. The second kappa shape index (κ2) is 6.57. The van der Waals surface area contributed by atoms with Gasteiger partial charge in [-0.25, -0.2) is 4.79 Å². The van der Waals surface area contributed by atoms with Crippen molar-refractivity contribution in [2.75, 3.05) is 0 Å². The zero-order chi connectivity index (χ0) is 14.0. The van der Waals surface area contributed by atoms with E-state index in [-0.39, 0.29) is 47.1 Å². The van der Waals surface area contributed by atoms with E-state index in [1.165, 1.54) is 18.3 Å². The van der Waals surface area contributed by atoms with Gasteiger partial charge in [0.25, 0.3) is 0 Å². The molecule has 0 amide bonds. The molecule has 0 saturated carbocycles. The average molecular weight is 313 g/mol. The Bertz CT molecular complexity index is 621. The Morgan fingerprint density at radius 3 is 2.75 bits per heavy atom. The number of aromatic nitrogens is 1. The van der Waals surface area contributed by atoms with Crippen molar-refractivity contribution < 1.29 is 58.8 Å². The van der Waals surface area contributed by atoms with E-state index in [0.717, 1.165) is 22.8 Å². The van der Waals surface area contributed by atoms with Gasteiger partial charge in [-0.15, -0.1) is 24.5 Å². The number of thiophene rings is 1. The van der Waals surface area contributed by atoms with E-state index in [0.29, 0.717) is 0 Å². The predicted octanol–water partition coefficient (Wildman–Crippen LogP) is 0.523. The van der Waals surface area contributed by atoms with E-state index in [1.54, 1.807) is 0 Å². The molecule has 0 radical (unpaired) electrons. The molecule has 2 heterocycles. The molecule has 0 bridgehead atoms. The molecule has 0 spiro atoms. The molecule has 0 saturated heterocycles. The van der Waals surface area contributed by atoms with Crippen LogP contribution in [-0.4, -0.2) is 22.4 Å². The minimum absolute atomic E-state index is 0. The number of hydrogen-bond donors (Lipinski definition) is 1. The third kappa shape index (κ3) is 4.20. The summed E-state index contributed by atoms with van der Waals surface area (Å²) < 4.78 is 39.8. The number of hydrogen-bond acceptors (Lipinski definition) is 4. The number of aromatic carboxylic acids is 1. The molecule has 2 aromatic rings. The Balaban J connectivity index is 0.00000200. The zero-order valence-electron chi connectivity index (χ0n) is 11.1. The van der Waals surface area contributed by atoms with Crippen molar-refractivity contribution in [3.05, 3.63) is 35.3 Å². The maximum atomic E-state index is 12.0. The fourth-order valence-electron chi connectivity index (χ4n) is 1.40. The number of carboxylic acid groups (broad SMARTS) is 1. The number of nitrogens with zero attached hydrogens (tertiary/aromatic N) is 1. The minimum Gasteiger partial charge on any atom is -1.00 e. The maximum absolute atomic E-state index is 12.0. The van der Waals surface area contributed by atoms with Crippen LogP contribution in [0.25, 0.3) is 10.6 Å². The first kappa shape index (κ1) is 17.0. The van der Waals surface area contributed by atoms with Crippen molar-refractivity contribution in [1.29, 1.82) is 0 Å². The molecule has 0 aliphatic heterocycles. The number of rotatable bonds is 3. The van der Waals surface area contributed by atoms with Crippen LogP contribution in [0.3, 0.4) is 0 Å². The van der Waals surface area contributed by atoms with Gasteiger partial charge in [0.15, 0.2) is 0 Å². The van der Waals surface area contributed by atoms with E-state index in [2.05, 4.69) is 9.72 Å². The quantitative estimate of drug-likeness (QED) is 0.840. The molecular weight excluding hydrogens is 306 g/mol. The Hall–Kier alpha value is -1.09. The fourth-order valence-corrected chi connectivity index (χ4v) is 2.22. The van der Waals surface area contributed by atoms with Gasteiger partial charge in [0.05, 0.1) is 16.1 Å². The minimum atomic E-state index is -4.78. The van der Waals surface area contributed by atoms with Crippen LogP contribution in [0.5, 0.6) is 5.75 Å². The number of halogens is 3. The Morgan fingerprint density at radius 1 is 1.45 bits per heavy atom. The maximum Gasteiger partial charge on any atom is 1.00 e. The van der Waals surface area contributed by atoms with Crippen molar-refractivity contribution in [2.24, 2.45) is 0 Å². The summed E-state index contributed by atoms with van der Waals surface area (Å²) in [4.78, 5) is 15.1. The number of ether oxygens (including phenoxy) is 1. The third-order valence-corrected chi connectivity index (χ3v) is 3.00. The SMILES string of the molecule is O=C(O)c1cccnc1-c1cc(OC(F)(F)F)cs1.[H-].[Na+]. The van der Waals surface area contributed by atoms with Gasteiger partial charge in [-0.1, -0.05) is 0 Å². The van der Waals surface area contributed by atoms with Crippen LogP contribution in [0.1, 0.15) is 11.8 Å². The summed E-state index contributed by atoms with van der Waals surface area (Å²) in [5.74, 6) is -1.59. The van der Waals surface area contributed by atoms with Crippen LogP contribution in [-0.2, 0) is 0 Å². The summed E-state index contributed by atoms with van der Waals surface area (Å²) in [6, 6.07) is 3.87. The summed E-state index contributed by atoms with van der Waals surface area (Å²) in [7, 11) is 0. The largest absolute Gasteiger partial charge is 1.00 e. The van der Waals surface area contributed by atoms with Crippen molar-refractivity contribution >= 4 is 17.3 Å². The van der Waals surface area contributed by atoms with Gasteiger partial charge in [-0.05, 0) is 12.1 Å². The molecule has 0 unspecified atom stereocenters. The van der Waals surface area contributed by atoms with E-state index >= 15 is 0 Å². The second-order valence-corrected chi connectivity index (χ2v) is 4.31. The molecular formula is C11H7F3NNaO3S. The van der Waals surface area contributed by atoms with Crippen LogP contribution in [0.15, 0.2) is 29.8 Å². The van der Waals surface area contributed by atoms with Crippen LogP contribution >= 0.6 is 11.3 Å². The average Bonchev–Trinajstić information content (AvgIpc) is 2.75. The Morgan fingerprint density at radius 2 is 2.15 bits per heavy atom. The van der Waals surface area contributed by atoms with Crippen LogP contribution in [0, 0.1) is 0 Å². The predicted molar refractivity (Wildman–Crippen MR) is 62.3 cm³/mol. The van der Waals surface area contributed by atoms with E-state index < -0.39 is 18.1 Å². The number of carboxylic acids is 1. The number of alkyl halides is 3. The van der Waals surface area contributed by atoms with Gasteiger partial charge >= 0.3 is 41.9 Å². The summed E-state index contributed by atoms with van der Waals surface area (Å²) in [5.41, 5.74) is 0.0277. The molecule has 20 heavy (non-hydrogen) atoms. The van der Waals surface area contributed by atoms with Gasteiger partial charge in [-0.2, -0.15) is 0 Å². The van der Waals surface area contributed by atoms with Gasteiger partial charge in [0.2, 0.25) is 0 Å². The van der Waals surface area contributed by atoms with Gasteiger partial charge in [0, 0.05) is 17.6 Å². The molecule has 2 rings (SSSR count). The second-order valence-electron chi connectivity index (χ2n) is 3.40. The van der Waals surface area contributed by atoms with Crippen molar-refractivity contribution in [1.82, 2.24) is 4.98 Å². The molecule has 102 valence electrons. The summed E-state index contributed by atoms with van der Waals surface area (Å²) >= 11 is 0.924.